The van der Waals surface area contributed by atoms with Gasteiger partial charge in [0.05, 0.1) is 12.2 Å². The van der Waals surface area contributed by atoms with E-state index in [9.17, 15) is 4.79 Å². The number of carbonyl (C=O) groups is 1. The molecule has 0 spiro atoms. The smallest absolute Gasteiger partial charge is 0.338 e. The Morgan fingerprint density at radius 2 is 1.67 bits per heavy atom. The lowest BCUT2D eigenvalue weighted by molar-refractivity contribution is 0.0477. The van der Waals surface area contributed by atoms with Gasteiger partial charge in [-0.2, -0.15) is 0 Å². The molecule has 5 heteroatoms. The molecule has 0 aliphatic carbocycles. The van der Waals surface area contributed by atoms with Crippen molar-refractivity contribution >= 4 is 24.1 Å². The molecule has 0 bridgehead atoms. The van der Waals surface area contributed by atoms with Gasteiger partial charge in [-0.05, 0) is 58.4 Å². The van der Waals surface area contributed by atoms with Crippen molar-refractivity contribution in [3.8, 4) is 0 Å². The van der Waals surface area contributed by atoms with Crippen LogP contribution in [0.15, 0.2) is 24.3 Å². The second-order valence-corrected chi connectivity index (χ2v) is 5.54. The van der Waals surface area contributed by atoms with Crippen LogP contribution in [-0.2, 0) is 4.74 Å². The summed E-state index contributed by atoms with van der Waals surface area (Å²) >= 11 is 0. The van der Waals surface area contributed by atoms with Crippen LogP contribution < -0.4 is 5.73 Å². The monoisotopic (exact) mass is 314 g/mol. The minimum Gasteiger partial charge on any atom is -0.462 e. The molecule has 1 rings (SSSR count). The first-order chi connectivity index (χ1) is 9.41. The third kappa shape index (κ3) is 6.82. The molecule has 0 unspecified atom stereocenters. The lowest BCUT2D eigenvalue weighted by Crippen LogP contribution is -2.38. The van der Waals surface area contributed by atoms with E-state index in [1.807, 2.05) is 0 Å². The molecule has 4 nitrogen and oxygen atoms in total. The van der Waals surface area contributed by atoms with Crippen molar-refractivity contribution in [2.75, 3.05) is 18.9 Å². The Bertz CT molecular complexity index is 411. The van der Waals surface area contributed by atoms with Crippen LogP contribution in [0.5, 0.6) is 0 Å². The number of nitrogens with two attached hydrogens (primary N) is 1. The molecule has 0 saturated carbocycles. The van der Waals surface area contributed by atoms with Crippen molar-refractivity contribution in [2.24, 2.45) is 0 Å². The molecular formula is C16H27ClN2O2. The predicted molar refractivity (Wildman–Crippen MR) is 90.0 cm³/mol. The summed E-state index contributed by atoms with van der Waals surface area (Å²) in [4.78, 5) is 14.2. The number of anilines is 1. The van der Waals surface area contributed by atoms with Gasteiger partial charge in [0.15, 0.2) is 0 Å². The average Bonchev–Trinajstić information content (AvgIpc) is 2.38. The summed E-state index contributed by atoms with van der Waals surface area (Å²) in [6.45, 7) is 10.1. The largest absolute Gasteiger partial charge is 0.462 e. The summed E-state index contributed by atoms with van der Waals surface area (Å²) in [6.07, 6.45) is 0.844. The van der Waals surface area contributed by atoms with Gasteiger partial charge in [-0.25, -0.2) is 4.79 Å². The summed E-state index contributed by atoms with van der Waals surface area (Å²) in [5.74, 6) is -0.286. The molecule has 1 aromatic rings. The van der Waals surface area contributed by atoms with Gasteiger partial charge in [-0.3, -0.25) is 4.90 Å². The molecule has 0 aliphatic heterocycles. The lowest BCUT2D eigenvalue weighted by Gasteiger charge is -2.30. The molecule has 0 saturated heterocycles. The Labute approximate surface area is 134 Å². The van der Waals surface area contributed by atoms with E-state index in [2.05, 4.69) is 32.6 Å². The summed E-state index contributed by atoms with van der Waals surface area (Å²) in [7, 11) is 0. The summed E-state index contributed by atoms with van der Waals surface area (Å²) in [6, 6.07) is 7.79. The van der Waals surface area contributed by atoms with Crippen LogP contribution in [0, 0.1) is 0 Å². The molecule has 1 aromatic carbocycles. The number of ether oxygens (including phenoxy) is 1. The maximum Gasteiger partial charge on any atom is 0.338 e. The van der Waals surface area contributed by atoms with Gasteiger partial charge in [-0.15, -0.1) is 12.4 Å². The highest BCUT2D eigenvalue weighted by Gasteiger charge is 2.13. The van der Waals surface area contributed by atoms with Crippen molar-refractivity contribution in [3.63, 3.8) is 0 Å². The fourth-order valence-electron chi connectivity index (χ4n) is 2.23. The molecule has 120 valence electrons. The van der Waals surface area contributed by atoms with E-state index >= 15 is 0 Å². The zero-order valence-corrected chi connectivity index (χ0v) is 14.2. The van der Waals surface area contributed by atoms with Crippen LogP contribution in [0.3, 0.4) is 0 Å². The number of nitrogens with zero attached hydrogens (tertiary/aromatic N) is 1. The van der Waals surface area contributed by atoms with E-state index < -0.39 is 0 Å². The van der Waals surface area contributed by atoms with Crippen molar-refractivity contribution in [3.05, 3.63) is 29.8 Å². The Kier molecular flexibility index (Phi) is 9.06. The number of carbonyl (C=O) groups excluding carboxylic acids is 1. The standard InChI is InChI=1S/C16H26N2O2.ClH/c1-12(2)18(13(3)4)10-5-11-20-16(19)14-6-8-15(17)9-7-14;/h6-9,12-13H,5,10-11,17H2,1-4H3;1H. The Hall–Kier alpha value is -1.26. The molecule has 21 heavy (non-hydrogen) atoms. The first-order valence-corrected chi connectivity index (χ1v) is 7.20. The molecule has 0 radical (unpaired) electrons. The summed E-state index contributed by atoms with van der Waals surface area (Å²) in [5.41, 5.74) is 6.77. The Balaban J connectivity index is 0.00000400. The van der Waals surface area contributed by atoms with Crippen molar-refractivity contribution in [1.82, 2.24) is 4.90 Å². The maximum absolute atomic E-state index is 11.8. The third-order valence-electron chi connectivity index (χ3n) is 3.27. The van der Waals surface area contributed by atoms with Crippen molar-refractivity contribution in [1.29, 1.82) is 0 Å². The Morgan fingerprint density at radius 1 is 1.14 bits per heavy atom. The highest BCUT2D eigenvalue weighted by Crippen LogP contribution is 2.08. The van der Waals surface area contributed by atoms with E-state index in [0.717, 1.165) is 13.0 Å². The number of halogens is 1. The van der Waals surface area contributed by atoms with Gasteiger partial charge in [-0.1, -0.05) is 0 Å². The van der Waals surface area contributed by atoms with Gasteiger partial charge in [0, 0.05) is 24.3 Å². The normalized spacial score (nSPS) is 10.8. The quantitative estimate of drug-likeness (QED) is 0.476. The van der Waals surface area contributed by atoms with E-state index in [0.29, 0.717) is 29.9 Å². The highest BCUT2D eigenvalue weighted by atomic mass is 35.5. The second kappa shape index (κ2) is 9.64. The van der Waals surface area contributed by atoms with Crippen LogP contribution in [0.4, 0.5) is 5.69 Å². The zero-order valence-electron chi connectivity index (χ0n) is 13.3. The SMILES string of the molecule is CC(C)N(CCCOC(=O)c1ccc(N)cc1)C(C)C.Cl. The summed E-state index contributed by atoms with van der Waals surface area (Å²) < 4.78 is 5.27. The number of hydrogen-bond acceptors (Lipinski definition) is 4. The zero-order chi connectivity index (χ0) is 15.1. The second-order valence-electron chi connectivity index (χ2n) is 5.54. The summed E-state index contributed by atoms with van der Waals surface area (Å²) in [5, 5.41) is 0. The van der Waals surface area contributed by atoms with E-state index in [-0.39, 0.29) is 18.4 Å². The van der Waals surface area contributed by atoms with Gasteiger partial charge in [0.2, 0.25) is 0 Å². The molecule has 0 aromatic heterocycles. The number of benzene rings is 1. The molecule has 0 heterocycles. The predicted octanol–water partition coefficient (Wildman–Crippen LogP) is 3.36. The maximum atomic E-state index is 11.8. The molecule has 0 fully saturated rings. The number of esters is 1. The third-order valence-corrected chi connectivity index (χ3v) is 3.27. The van der Waals surface area contributed by atoms with E-state index in [1.165, 1.54) is 0 Å². The molecule has 0 amide bonds. The van der Waals surface area contributed by atoms with E-state index in [1.54, 1.807) is 24.3 Å². The Morgan fingerprint density at radius 3 is 2.14 bits per heavy atom. The van der Waals surface area contributed by atoms with Gasteiger partial charge in [0.1, 0.15) is 0 Å². The molecule has 0 atom stereocenters. The fraction of sp³-hybridized carbons (Fsp3) is 0.562. The number of hydrogen-bond donors (Lipinski definition) is 1. The van der Waals surface area contributed by atoms with Gasteiger partial charge >= 0.3 is 5.97 Å². The van der Waals surface area contributed by atoms with Gasteiger partial charge < -0.3 is 10.5 Å². The van der Waals surface area contributed by atoms with Crippen LogP contribution >= 0.6 is 12.4 Å². The molecule has 2 N–H and O–H groups in total. The number of rotatable bonds is 7. The average molecular weight is 315 g/mol. The fourth-order valence-corrected chi connectivity index (χ4v) is 2.23. The minimum absolute atomic E-state index is 0. The van der Waals surface area contributed by atoms with Crippen molar-refractivity contribution in [2.45, 2.75) is 46.2 Å². The molecule has 0 aliphatic rings. The minimum atomic E-state index is -0.286. The molecular weight excluding hydrogens is 288 g/mol. The van der Waals surface area contributed by atoms with Gasteiger partial charge in [0.25, 0.3) is 0 Å². The van der Waals surface area contributed by atoms with Crippen molar-refractivity contribution < 1.29 is 9.53 Å². The first-order valence-electron chi connectivity index (χ1n) is 7.20. The first kappa shape index (κ1) is 19.7. The lowest BCUT2D eigenvalue weighted by atomic mass is 10.2. The van der Waals surface area contributed by atoms with Crippen LogP contribution in [-0.4, -0.2) is 36.1 Å². The van der Waals surface area contributed by atoms with E-state index in [4.69, 9.17) is 10.5 Å². The van der Waals surface area contributed by atoms with Crippen LogP contribution in [0.1, 0.15) is 44.5 Å². The highest BCUT2D eigenvalue weighted by molar-refractivity contribution is 5.89. The number of nitrogen functional groups attached to an aromatic ring is 1. The van der Waals surface area contributed by atoms with Crippen LogP contribution in [0.25, 0.3) is 0 Å². The topological polar surface area (TPSA) is 55.6 Å². The van der Waals surface area contributed by atoms with Crippen LogP contribution in [0.2, 0.25) is 0 Å².